The van der Waals surface area contributed by atoms with Gasteiger partial charge in [0, 0.05) is 12.4 Å². The summed E-state index contributed by atoms with van der Waals surface area (Å²) in [4.78, 5) is 8.38. The van der Waals surface area contributed by atoms with E-state index in [9.17, 15) is 0 Å². The van der Waals surface area contributed by atoms with Crippen LogP contribution in [0.2, 0.25) is 0 Å². The van der Waals surface area contributed by atoms with E-state index in [1.807, 2.05) is 30.3 Å². The number of ether oxygens (including phenoxy) is 1. The summed E-state index contributed by atoms with van der Waals surface area (Å²) in [6.07, 6.45) is 3.25. The second-order valence-electron chi connectivity index (χ2n) is 4.07. The summed E-state index contributed by atoms with van der Waals surface area (Å²) in [5.41, 5.74) is 0. The molecule has 0 radical (unpaired) electrons. The van der Waals surface area contributed by atoms with Crippen LogP contribution in [0.25, 0.3) is 10.8 Å². The summed E-state index contributed by atoms with van der Waals surface area (Å²) >= 11 is 0. The van der Waals surface area contributed by atoms with Crippen molar-refractivity contribution in [1.29, 1.82) is 0 Å². The highest BCUT2D eigenvalue weighted by Gasteiger charge is 2.04. The van der Waals surface area contributed by atoms with Crippen molar-refractivity contribution in [3.8, 4) is 11.6 Å². The SMILES string of the molecule is CNc1cncc(Oc2cccc3ccccc23)n1. The third kappa shape index (κ3) is 2.33. The second kappa shape index (κ2) is 4.94. The first-order valence-electron chi connectivity index (χ1n) is 6.02. The van der Waals surface area contributed by atoms with Crippen molar-refractivity contribution >= 4 is 16.6 Å². The van der Waals surface area contributed by atoms with Gasteiger partial charge in [-0.15, -0.1) is 0 Å². The lowest BCUT2D eigenvalue weighted by atomic mass is 10.1. The van der Waals surface area contributed by atoms with E-state index in [0.717, 1.165) is 16.5 Å². The van der Waals surface area contributed by atoms with E-state index in [-0.39, 0.29) is 0 Å². The first-order chi connectivity index (χ1) is 9.36. The van der Waals surface area contributed by atoms with Crippen LogP contribution in [0.1, 0.15) is 0 Å². The standard InChI is InChI=1S/C15H13N3O/c1-16-14-9-17-10-15(18-14)19-13-8-4-6-11-5-2-3-7-12(11)13/h2-10H,1H3,(H,16,18). The van der Waals surface area contributed by atoms with E-state index in [0.29, 0.717) is 11.7 Å². The van der Waals surface area contributed by atoms with Crippen molar-refractivity contribution in [2.24, 2.45) is 0 Å². The maximum atomic E-state index is 5.82. The highest BCUT2D eigenvalue weighted by Crippen LogP contribution is 2.28. The van der Waals surface area contributed by atoms with Gasteiger partial charge in [0.2, 0.25) is 5.88 Å². The lowest BCUT2D eigenvalue weighted by molar-refractivity contribution is 0.466. The van der Waals surface area contributed by atoms with Gasteiger partial charge in [-0.1, -0.05) is 36.4 Å². The number of hydrogen-bond donors (Lipinski definition) is 1. The smallest absolute Gasteiger partial charge is 0.239 e. The number of aromatic nitrogens is 2. The average molecular weight is 251 g/mol. The monoisotopic (exact) mass is 251 g/mol. The molecule has 0 spiro atoms. The minimum atomic E-state index is 0.475. The Hall–Kier alpha value is -2.62. The fourth-order valence-corrected chi connectivity index (χ4v) is 1.92. The number of nitrogens with one attached hydrogen (secondary N) is 1. The molecule has 4 heteroatoms. The van der Waals surface area contributed by atoms with Crippen LogP contribution in [0.3, 0.4) is 0 Å². The Morgan fingerprint density at radius 3 is 2.74 bits per heavy atom. The van der Waals surface area contributed by atoms with E-state index in [1.54, 1.807) is 19.4 Å². The van der Waals surface area contributed by atoms with E-state index < -0.39 is 0 Å². The van der Waals surface area contributed by atoms with Crippen LogP contribution in [0, 0.1) is 0 Å². The lowest BCUT2D eigenvalue weighted by Crippen LogP contribution is -1.96. The normalized spacial score (nSPS) is 10.4. The summed E-state index contributed by atoms with van der Waals surface area (Å²) in [6, 6.07) is 14.0. The third-order valence-electron chi connectivity index (χ3n) is 2.83. The van der Waals surface area contributed by atoms with E-state index in [4.69, 9.17) is 4.74 Å². The van der Waals surface area contributed by atoms with Crippen LogP contribution >= 0.6 is 0 Å². The Morgan fingerprint density at radius 1 is 1.00 bits per heavy atom. The largest absolute Gasteiger partial charge is 0.437 e. The summed E-state index contributed by atoms with van der Waals surface area (Å²) < 4.78 is 5.82. The molecule has 94 valence electrons. The average Bonchev–Trinajstić information content (AvgIpc) is 2.48. The molecule has 0 unspecified atom stereocenters. The van der Waals surface area contributed by atoms with Gasteiger partial charge in [0.1, 0.15) is 11.6 Å². The minimum absolute atomic E-state index is 0.475. The van der Waals surface area contributed by atoms with Gasteiger partial charge < -0.3 is 10.1 Å². The molecule has 1 aromatic heterocycles. The van der Waals surface area contributed by atoms with Gasteiger partial charge in [-0.2, -0.15) is 4.98 Å². The molecule has 19 heavy (non-hydrogen) atoms. The van der Waals surface area contributed by atoms with Gasteiger partial charge in [-0.3, -0.25) is 4.98 Å². The van der Waals surface area contributed by atoms with Gasteiger partial charge in [0.15, 0.2) is 0 Å². The number of anilines is 1. The molecular formula is C15H13N3O. The van der Waals surface area contributed by atoms with Crippen molar-refractivity contribution in [2.45, 2.75) is 0 Å². The number of benzene rings is 2. The van der Waals surface area contributed by atoms with Gasteiger partial charge in [-0.05, 0) is 11.5 Å². The zero-order valence-electron chi connectivity index (χ0n) is 10.5. The molecule has 3 rings (SSSR count). The summed E-state index contributed by atoms with van der Waals surface area (Å²) in [6.45, 7) is 0. The van der Waals surface area contributed by atoms with Crippen LogP contribution < -0.4 is 10.1 Å². The van der Waals surface area contributed by atoms with Crippen molar-refractivity contribution in [3.63, 3.8) is 0 Å². The first kappa shape index (κ1) is 11.5. The van der Waals surface area contributed by atoms with Gasteiger partial charge >= 0.3 is 0 Å². The Balaban J connectivity index is 2.01. The second-order valence-corrected chi connectivity index (χ2v) is 4.07. The van der Waals surface area contributed by atoms with Gasteiger partial charge in [0.25, 0.3) is 0 Å². The lowest BCUT2D eigenvalue weighted by Gasteiger charge is -2.08. The fourth-order valence-electron chi connectivity index (χ4n) is 1.92. The molecule has 2 aromatic carbocycles. The molecule has 0 aliphatic heterocycles. The molecule has 0 amide bonds. The minimum Gasteiger partial charge on any atom is -0.437 e. The van der Waals surface area contributed by atoms with Crippen molar-refractivity contribution in [3.05, 3.63) is 54.9 Å². The van der Waals surface area contributed by atoms with Crippen LogP contribution in [-0.4, -0.2) is 17.0 Å². The first-order valence-corrected chi connectivity index (χ1v) is 6.02. The maximum absolute atomic E-state index is 5.82. The molecule has 1 N–H and O–H groups in total. The number of nitrogens with zero attached hydrogens (tertiary/aromatic N) is 2. The number of fused-ring (bicyclic) bond motifs is 1. The molecule has 0 saturated heterocycles. The van der Waals surface area contributed by atoms with Crippen LogP contribution in [0.5, 0.6) is 11.6 Å². The third-order valence-corrected chi connectivity index (χ3v) is 2.83. The van der Waals surface area contributed by atoms with E-state index in [2.05, 4.69) is 27.4 Å². The van der Waals surface area contributed by atoms with E-state index >= 15 is 0 Å². The molecular weight excluding hydrogens is 238 g/mol. The number of rotatable bonds is 3. The topological polar surface area (TPSA) is 47.0 Å². The summed E-state index contributed by atoms with van der Waals surface area (Å²) in [5.74, 6) is 1.93. The Kier molecular flexibility index (Phi) is 2.98. The quantitative estimate of drug-likeness (QED) is 0.774. The van der Waals surface area contributed by atoms with Crippen LogP contribution in [0.15, 0.2) is 54.9 Å². The maximum Gasteiger partial charge on any atom is 0.239 e. The van der Waals surface area contributed by atoms with Crippen LogP contribution in [-0.2, 0) is 0 Å². The molecule has 0 aliphatic rings. The van der Waals surface area contributed by atoms with Crippen molar-refractivity contribution in [2.75, 3.05) is 12.4 Å². The molecule has 4 nitrogen and oxygen atoms in total. The van der Waals surface area contributed by atoms with Gasteiger partial charge in [0.05, 0.1) is 12.4 Å². The highest BCUT2D eigenvalue weighted by atomic mass is 16.5. The highest BCUT2D eigenvalue weighted by molar-refractivity contribution is 5.88. The van der Waals surface area contributed by atoms with Crippen LogP contribution in [0.4, 0.5) is 5.82 Å². The zero-order valence-corrected chi connectivity index (χ0v) is 10.5. The van der Waals surface area contributed by atoms with Crippen molar-refractivity contribution in [1.82, 2.24) is 9.97 Å². The van der Waals surface area contributed by atoms with Crippen molar-refractivity contribution < 1.29 is 4.74 Å². The predicted octanol–water partition coefficient (Wildman–Crippen LogP) is 3.46. The summed E-state index contributed by atoms with van der Waals surface area (Å²) in [7, 11) is 1.80. The molecule has 0 fully saturated rings. The zero-order chi connectivity index (χ0) is 13.1. The Morgan fingerprint density at radius 2 is 1.84 bits per heavy atom. The number of hydrogen-bond acceptors (Lipinski definition) is 4. The Bertz CT molecular complexity index is 707. The Labute approximate surface area is 111 Å². The summed E-state index contributed by atoms with van der Waals surface area (Å²) in [5, 5.41) is 5.13. The fraction of sp³-hybridized carbons (Fsp3) is 0.0667. The molecule has 1 heterocycles. The predicted molar refractivity (Wildman–Crippen MR) is 75.6 cm³/mol. The molecule has 0 aliphatic carbocycles. The molecule has 0 saturated carbocycles. The molecule has 3 aromatic rings. The molecule has 0 bridgehead atoms. The molecule has 0 atom stereocenters. The van der Waals surface area contributed by atoms with Gasteiger partial charge in [-0.25, -0.2) is 0 Å². The van der Waals surface area contributed by atoms with E-state index in [1.165, 1.54) is 0 Å².